The van der Waals surface area contributed by atoms with Crippen molar-refractivity contribution in [3.8, 4) is 0 Å². The fraction of sp³-hybridized carbons (Fsp3) is 0.167. The van der Waals surface area contributed by atoms with Crippen LogP contribution in [0.5, 0.6) is 0 Å². The normalized spacial score (nSPS) is 19.0. The number of aliphatic hydroxyl groups is 2. The maximum atomic E-state index is 12.8. The van der Waals surface area contributed by atoms with E-state index in [1.54, 1.807) is 22.8 Å². The van der Waals surface area contributed by atoms with Crippen molar-refractivity contribution in [3.63, 3.8) is 0 Å². The first-order chi connectivity index (χ1) is 20.8. The summed E-state index contributed by atoms with van der Waals surface area (Å²) in [6, 6.07) is 18.7. The molecule has 0 aliphatic carbocycles. The van der Waals surface area contributed by atoms with Gasteiger partial charge in [0.05, 0.1) is 23.0 Å². The van der Waals surface area contributed by atoms with Crippen LogP contribution in [0.3, 0.4) is 0 Å². The highest BCUT2D eigenvalue weighted by molar-refractivity contribution is 6.35. The summed E-state index contributed by atoms with van der Waals surface area (Å²) in [6.45, 7) is -0.391. The highest BCUT2D eigenvalue weighted by Gasteiger charge is 2.37. The number of imidazole rings is 1. The lowest BCUT2D eigenvalue weighted by atomic mass is 9.88. The molecule has 0 amide bonds. The van der Waals surface area contributed by atoms with Crippen molar-refractivity contribution >= 4 is 77.5 Å². The van der Waals surface area contributed by atoms with Crippen molar-refractivity contribution in [3.05, 3.63) is 81.1 Å². The van der Waals surface area contributed by atoms with Gasteiger partial charge in [0.1, 0.15) is 12.3 Å². The van der Waals surface area contributed by atoms with E-state index in [0.717, 1.165) is 37.7 Å². The Morgan fingerprint density at radius 3 is 2.37 bits per heavy atom. The number of fused-ring (bicyclic) bond motifs is 4. The van der Waals surface area contributed by atoms with E-state index in [4.69, 9.17) is 10.5 Å². The van der Waals surface area contributed by atoms with Crippen molar-refractivity contribution in [2.45, 2.75) is 24.9 Å². The molecule has 1 saturated heterocycles. The molecular formula is C30H23N7O6. The standard InChI is InChI=1S/C30H23N7O6/c31-29-34-27-26(28(40)35-29)33-30(36(27)23-11-21(39)22(12-38)43-23)32-19-9-7-15-13-3-1-2-4-14(13)16-8-10-20(37(41)42)18-6-5-17(19)24(15)25(16)18/h1-10,21-23,38-39H,11-12H2,(H,32,33)(H3,31,34,35,40)/t21-,22+,23+/m0/s1. The second-order valence-electron chi connectivity index (χ2n) is 10.7. The van der Waals surface area contributed by atoms with Gasteiger partial charge in [-0.1, -0.05) is 36.4 Å². The van der Waals surface area contributed by atoms with Gasteiger partial charge >= 0.3 is 0 Å². The van der Waals surface area contributed by atoms with Gasteiger partial charge in [-0.05, 0) is 39.7 Å². The highest BCUT2D eigenvalue weighted by atomic mass is 16.6. The van der Waals surface area contributed by atoms with Crippen LogP contribution in [0.15, 0.2) is 65.5 Å². The minimum absolute atomic E-state index is 0.0153. The SMILES string of the molecule is Nc1nc2c(nc(Nc3ccc4c5ccccc5c5ccc([N+](=O)[O-])c6ccc3c4c65)n2[C@H]2C[C@H](O)[C@@H](CO)O2)c(=O)[nH]1. The Hall–Kier alpha value is -5.37. The third kappa shape index (κ3) is 3.59. The number of aromatic amines is 1. The minimum atomic E-state index is -0.946. The van der Waals surface area contributed by atoms with E-state index >= 15 is 0 Å². The summed E-state index contributed by atoms with van der Waals surface area (Å²) in [4.78, 5) is 35.7. The number of rotatable bonds is 5. The molecule has 1 aliphatic heterocycles. The number of ether oxygens (including phenoxy) is 1. The molecule has 3 heterocycles. The summed E-state index contributed by atoms with van der Waals surface area (Å²) < 4.78 is 7.48. The van der Waals surface area contributed by atoms with E-state index < -0.39 is 30.6 Å². The number of aromatic nitrogens is 4. The molecule has 0 unspecified atom stereocenters. The number of anilines is 3. The summed E-state index contributed by atoms with van der Waals surface area (Å²) in [5.41, 5.74) is 6.13. The maximum Gasteiger partial charge on any atom is 0.280 e. The number of non-ortho nitro benzene ring substituents is 1. The Balaban J connectivity index is 1.39. The van der Waals surface area contributed by atoms with E-state index in [2.05, 4.69) is 20.3 Å². The van der Waals surface area contributed by atoms with Gasteiger partial charge < -0.3 is 26.0 Å². The molecule has 43 heavy (non-hydrogen) atoms. The number of hydrogen-bond acceptors (Lipinski definition) is 10. The van der Waals surface area contributed by atoms with Gasteiger partial charge in [0.25, 0.3) is 11.2 Å². The Morgan fingerprint density at radius 1 is 1.00 bits per heavy atom. The molecule has 0 bridgehead atoms. The van der Waals surface area contributed by atoms with Gasteiger partial charge in [-0.25, -0.2) is 4.98 Å². The first-order valence-corrected chi connectivity index (χ1v) is 13.6. The fourth-order valence-corrected chi connectivity index (χ4v) is 6.46. The van der Waals surface area contributed by atoms with E-state index in [9.17, 15) is 25.1 Å². The number of nitrogens with zero attached hydrogens (tertiary/aromatic N) is 4. The molecule has 13 nitrogen and oxygen atoms in total. The summed E-state index contributed by atoms with van der Waals surface area (Å²) in [5.74, 6) is 0.0962. The average Bonchev–Trinajstić information content (AvgIpc) is 3.55. The van der Waals surface area contributed by atoms with Crippen LogP contribution in [0.4, 0.5) is 23.3 Å². The first-order valence-electron chi connectivity index (χ1n) is 13.6. The Bertz CT molecular complexity index is 2330. The predicted octanol–water partition coefficient (Wildman–Crippen LogP) is 4.04. The molecule has 0 saturated carbocycles. The van der Waals surface area contributed by atoms with Crippen LogP contribution in [0.1, 0.15) is 12.6 Å². The molecule has 0 radical (unpaired) electrons. The van der Waals surface area contributed by atoms with Crippen LogP contribution in [0, 0.1) is 10.1 Å². The number of nitrogens with one attached hydrogen (secondary N) is 2. The van der Waals surface area contributed by atoms with Gasteiger partial charge in [-0.15, -0.1) is 0 Å². The molecule has 13 heteroatoms. The van der Waals surface area contributed by atoms with E-state index in [1.807, 2.05) is 42.5 Å². The highest BCUT2D eigenvalue weighted by Crippen LogP contribution is 2.45. The third-order valence-corrected chi connectivity index (χ3v) is 8.33. The Labute approximate surface area is 240 Å². The molecule has 1 aliphatic rings. The van der Waals surface area contributed by atoms with Gasteiger partial charge in [0.15, 0.2) is 11.2 Å². The van der Waals surface area contributed by atoms with Crippen molar-refractivity contribution in [2.24, 2.45) is 0 Å². The number of H-pyrrole nitrogens is 1. The maximum absolute atomic E-state index is 12.8. The molecule has 0 spiro atoms. The predicted molar refractivity (Wildman–Crippen MR) is 162 cm³/mol. The zero-order valence-corrected chi connectivity index (χ0v) is 22.3. The molecule has 6 N–H and O–H groups in total. The largest absolute Gasteiger partial charge is 0.394 e. The number of nitrogen functional groups attached to an aromatic ring is 1. The van der Waals surface area contributed by atoms with Crippen LogP contribution in [-0.2, 0) is 4.74 Å². The lowest BCUT2D eigenvalue weighted by Crippen LogP contribution is -2.24. The molecule has 2 aromatic heterocycles. The lowest BCUT2D eigenvalue weighted by Gasteiger charge is -2.19. The number of benzene rings is 5. The van der Waals surface area contributed by atoms with E-state index in [-0.39, 0.29) is 40.1 Å². The van der Waals surface area contributed by atoms with Crippen molar-refractivity contribution in [1.29, 1.82) is 0 Å². The number of nitro groups is 1. The monoisotopic (exact) mass is 577 g/mol. The lowest BCUT2D eigenvalue weighted by molar-refractivity contribution is -0.383. The molecule has 8 rings (SSSR count). The molecular weight excluding hydrogens is 554 g/mol. The van der Waals surface area contributed by atoms with Crippen LogP contribution in [0.25, 0.3) is 54.3 Å². The molecule has 5 aromatic carbocycles. The van der Waals surface area contributed by atoms with Crippen molar-refractivity contribution in [1.82, 2.24) is 19.5 Å². The number of nitro benzene ring substituents is 1. The number of nitrogens with two attached hydrogens (primary N) is 1. The summed E-state index contributed by atoms with van der Waals surface area (Å²) in [5, 5.41) is 42.2. The van der Waals surface area contributed by atoms with Crippen LogP contribution >= 0.6 is 0 Å². The Morgan fingerprint density at radius 2 is 1.67 bits per heavy atom. The zero-order valence-electron chi connectivity index (χ0n) is 22.3. The van der Waals surface area contributed by atoms with E-state index in [0.29, 0.717) is 11.1 Å². The summed E-state index contributed by atoms with van der Waals surface area (Å²) >= 11 is 0. The summed E-state index contributed by atoms with van der Waals surface area (Å²) in [6.07, 6.45) is -2.46. The van der Waals surface area contributed by atoms with Crippen LogP contribution in [0.2, 0.25) is 0 Å². The number of aliphatic hydroxyl groups excluding tert-OH is 2. The summed E-state index contributed by atoms with van der Waals surface area (Å²) in [7, 11) is 0. The topological polar surface area (TPSA) is 194 Å². The zero-order chi connectivity index (χ0) is 29.6. The molecule has 3 atom stereocenters. The van der Waals surface area contributed by atoms with Gasteiger partial charge in [0, 0.05) is 34.3 Å². The first kappa shape index (κ1) is 25.3. The molecule has 1 fully saturated rings. The minimum Gasteiger partial charge on any atom is -0.394 e. The van der Waals surface area contributed by atoms with Crippen LogP contribution < -0.4 is 16.6 Å². The number of hydrogen-bond donors (Lipinski definition) is 5. The second-order valence-corrected chi connectivity index (χ2v) is 10.7. The third-order valence-electron chi connectivity index (χ3n) is 8.33. The quantitative estimate of drug-likeness (QED) is 0.0862. The van der Waals surface area contributed by atoms with Crippen molar-refractivity contribution in [2.75, 3.05) is 17.7 Å². The fourth-order valence-electron chi connectivity index (χ4n) is 6.46. The second kappa shape index (κ2) is 9.06. The molecule has 7 aromatic rings. The average molecular weight is 578 g/mol. The smallest absolute Gasteiger partial charge is 0.280 e. The Kier molecular flexibility index (Phi) is 5.34. The molecule has 214 valence electrons. The van der Waals surface area contributed by atoms with Gasteiger partial charge in [-0.3, -0.25) is 24.5 Å². The van der Waals surface area contributed by atoms with Crippen LogP contribution in [-0.4, -0.2) is 53.5 Å². The van der Waals surface area contributed by atoms with Crippen molar-refractivity contribution < 1.29 is 19.9 Å². The van der Waals surface area contributed by atoms with Gasteiger partial charge in [-0.2, -0.15) is 4.98 Å². The van der Waals surface area contributed by atoms with Gasteiger partial charge in [0.2, 0.25) is 11.9 Å². The van der Waals surface area contributed by atoms with E-state index in [1.165, 1.54) is 0 Å².